The minimum atomic E-state index is -0.522. The summed E-state index contributed by atoms with van der Waals surface area (Å²) in [6, 6.07) is 0. The molecule has 1 rings (SSSR count). The van der Waals surface area contributed by atoms with Crippen LogP contribution in [-0.4, -0.2) is 15.2 Å². The molecule has 0 radical (unpaired) electrons. The highest BCUT2D eigenvalue weighted by atomic mass is 16.3. The van der Waals surface area contributed by atoms with Gasteiger partial charge in [0.1, 0.15) is 0 Å². The van der Waals surface area contributed by atoms with E-state index in [2.05, 4.69) is 4.98 Å². The second-order valence-electron chi connectivity index (χ2n) is 2.72. The molecule has 3 nitrogen and oxygen atoms in total. The smallest absolute Gasteiger partial charge is 0.0780 e. The SMILES string of the molecule is CC(O)c1c[nH]cc1C(C)O. The van der Waals surface area contributed by atoms with Crippen LogP contribution in [0.4, 0.5) is 0 Å². The Kier molecular flexibility index (Phi) is 2.31. The molecule has 62 valence electrons. The number of aromatic nitrogens is 1. The maximum Gasteiger partial charge on any atom is 0.0780 e. The van der Waals surface area contributed by atoms with Crippen molar-refractivity contribution in [1.29, 1.82) is 0 Å². The Labute approximate surface area is 65.7 Å². The van der Waals surface area contributed by atoms with E-state index in [9.17, 15) is 10.2 Å². The van der Waals surface area contributed by atoms with Gasteiger partial charge in [-0.15, -0.1) is 0 Å². The maximum atomic E-state index is 9.21. The third-order valence-electron chi connectivity index (χ3n) is 1.71. The Morgan fingerprint density at radius 2 is 1.45 bits per heavy atom. The number of aromatic amines is 1. The van der Waals surface area contributed by atoms with E-state index in [1.165, 1.54) is 0 Å². The topological polar surface area (TPSA) is 56.2 Å². The molecule has 0 fully saturated rings. The lowest BCUT2D eigenvalue weighted by atomic mass is 10.1. The van der Waals surface area contributed by atoms with Gasteiger partial charge in [0.05, 0.1) is 12.2 Å². The molecule has 1 aromatic heterocycles. The lowest BCUT2D eigenvalue weighted by Gasteiger charge is -2.07. The monoisotopic (exact) mass is 155 g/mol. The molecule has 3 heteroatoms. The zero-order valence-electron chi connectivity index (χ0n) is 6.70. The lowest BCUT2D eigenvalue weighted by molar-refractivity contribution is 0.176. The summed E-state index contributed by atoms with van der Waals surface area (Å²) in [6.45, 7) is 3.35. The van der Waals surface area contributed by atoms with Crippen LogP contribution in [0.5, 0.6) is 0 Å². The minimum Gasteiger partial charge on any atom is -0.389 e. The predicted molar refractivity (Wildman–Crippen MR) is 42.1 cm³/mol. The van der Waals surface area contributed by atoms with Crippen LogP contribution in [0.3, 0.4) is 0 Å². The fraction of sp³-hybridized carbons (Fsp3) is 0.500. The van der Waals surface area contributed by atoms with Crippen LogP contribution in [0.25, 0.3) is 0 Å². The highest BCUT2D eigenvalue weighted by Gasteiger charge is 2.11. The number of H-pyrrole nitrogens is 1. The van der Waals surface area contributed by atoms with E-state index < -0.39 is 12.2 Å². The molecule has 1 aromatic rings. The van der Waals surface area contributed by atoms with Gasteiger partial charge in [-0.05, 0) is 13.8 Å². The predicted octanol–water partition coefficient (Wildman–Crippen LogP) is 1.12. The van der Waals surface area contributed by atoms with E-state index in [1.807, 2.05) is 0 Å². The number of hydrogen-bond donors (Lipinski definition) is 3. The largest absolute Gasteiger partial charge is 0.389 e. The van der Waals surface area contributed by atoms with Crippen molar-refractivity contribution in [2.45, 2.75) is 26.1 Å². The third-order valence-corrected chi connectivity index (χ3v) is 1.71. The fourth-order valence-corrected chi connectivity index (χ4v) is 1.11. The highest BCUT2D eigenvalue weighted by Crippen LogP contribution is 2.22. The average molecular weight is 155 g/mol. The van der Waals surface area contributed by atoms with Gasteiger partial charge in [-0.25, -0.2) is 0 Å². The van der Waals surface area contributed by atoms with Crippen LogP contribution in [0.15, 0.2) is 12.4 Å². The zero-order valence-corrected chi connectivity index (χ0v) is 6.70. The van der Waals surface area contributed by atoms with Crippen molar-refractivity contribution < 1.29 is 10.2 Å². The van der Waals surface area contributed by atoms with Crippen LogP contribution in [0, 0.1) is 0 Å². The summed E-state index contributed by atoms with van der Waals surface area (Å²) in [7, 11) is 0. The van der Waals surface area contributed by atoms with Gasteiger partial charge >= 0.3 is 0 Å². The molecule has 0 bridgehead atoms. The molecular weight excluding hydrogens is 142 g/mol. The summed E-state index contributed by atoms with van der Waals surface area (Å²) in [5, 5.41) is 18.4. The maximum absolute atomic E-state index is 9.21. The molecule has 0 aliphatic carbocycles. The van der Waals surface area contributed by atoms with Gasteiger partial charge in [0.15, 0.2) is 0 Å². The molecule has 1 heterocycles. The summed E-state index contributed by atoms with van der Waals surface area (Å²) >= 11 is 0. The van der Waals surface area contributed by atoms with Crippen LogP contribution in [-0.2, 0) is 0 Å². The van der Waals surface area contributed by atoms with Crippen LogP contribution < -0.4 is 0 Å². The van der Waals surface area contributed by atoms with Gasteiger partial charge in [-0.1, -0.05) is 0 Å². The van der Waals surface area contributed by atoms with Gasteiger partial charge in [0, 0.05) is 23.5 Å². The molecule has 0 saturated heterocycles. The molecule has 0 aliphatic rings. The number of aliphatic hydroxyl groups excluding tert-OH is 2. The highest BCUT2D eigenvalue weighted by molar-refractivity contribution is 5.26. The van der Waals surface area contributed by atoms with Crippen molar-refractivity contribution in [3.05, 3.63) is 23.5 Å². The van der Waals surface area contributed by atoms with E-state index in [0.29, 0.717) is 0 Å². The van der Waals surface area contributed by atoms with Gasteiger partial charge in [0.25, 0.3) is 0 Å². The molecule has 0 saturated carbocycles. The van der Waals surface area contributed by atoms with E-state index in [4.69, 9.17) is 0 Å². The molecule has 0 aromatic carbocycles. The van der Waals surface area contributed by atoms with Crippen molar-refractivity contribution in [2.24, 2.45) is 0 Å². The Bertz CT molecular complexity index is 205. The Morgan fingerprint density at radius 1 is 1.09 bits per heavy atom. The first-order chi connectivity index (χ1) is 5.13. The second-order valence-corrected chi connectivity index (χ2v) is 2.72. The quantitative estimate of drug-likeness (QED) is 0.599. The third kappa shape index (κ3) is 1.61. The van der Waals surface area contributed by atoms with E-state index in [-0.39, 0.29) is 0 Å². The van der Waals surface area contributed by atoms with Crippen molar-refractivity contribution in [3.8, 4) is 0 Å². The van der Waals surface area contributed by atoms with Gasteiger partial charge in [-0.3, -0.25) is 0 Å². The Balaban J connectivity index is 2.96. The molecule has 0 amide bonds. The summed E-state index contributed by atoms with van der Waals surface area (Å²) in [6.07, 6.45) is 2.36. The van der Waals surface area contributed by atoms with Gasteiger partial charge in [-0.2, -0.15) is 0 Å². The normalized spacial score (nSPS) is 16.4. The minimum absolute atomic E-state index is 0.522. The summed E-state index contributed by atoms with van der Waals surface area (Å²) < 4.78 is 0. The summed E-state index contributed by atoms with van der Waals surface area (Å²) in [4.78, 5) is 2.84. The zero-order chi connectivity index (χ0) is 8.43. The van der Waals surface area contributed by atoms with Crippen molar-refractivity contribution >= 4 is 0 Å². The number of aliphatic hydroxyl groups is 2. The van der Waals surface area contributed by atoms with E-state index in [0.717, 1.165) is 11.1 Å². The van der Waals surface area contributed by atoms with Crippen LogP contribution in [0.2, 0.25) is 0 Å². The fourth-order valence-electron chi connectivity index (χ4n) is 1.11. The molecule has 2 atom stereocenters. The Morgan fingerprint density at radius 3 is 1.73 bits per heavy atom. The first-order valence-electron chi connectivity index (χ1n) is 3.65. The summed E-state index contributed by atoms with van der Waals surface area (Å²) in [5.41, 5.74) is 1.53. The van der Waals surface area contributed by atoms with E-state index in [1.54, 1.807) is 26.2 Å². The molecule has 3 N–H and O–H groups in total. The van der Waals surface area contributed by atoms with Crippen LogP contribution >= 0.6 is 0 Å². The van der Waals surface area contributed by atoms with Crippen molar-refractivity contribution in [3.63, 3.8) is 0 Å². The van der Waals surface area contributed by atoms with E-state index >= 15 is 0 Å². The Hall–Kier alpha value is -0.800. The molecule has 2 unspecified atom stereocenters. The number of nitrogens with one attached hydrogen (secondary N) is 1. The van der Waals surface area contributed by atoms with Crippen molar-refractivity contribution in [2.75, 3.05) is 0 Å². The second kappa shape index (κ2) is 3.07. The van der Waals surface area contributed by atoms with Gasteiger partial charge in [0.2, 0.25) is 0 Å². The lowest BCUT2D eigenvalue weighted by Crippen LogP contribution is -1.97. The molecule has 0 aliphatic heterocycles. The van der Waals surface area contributed by atoms with Crippen LogP contribution in [0.1, 0.15) is 37.2 Å². The number of rotatable bonds is 2. The first kappa shape index (κ1) is 8.30. The first-order valence-corrected chi connectivity index (χ1v) is 3.65. The average Bonchev–Trinajstić information content (AvgIpc) is 2.32. The number of hydrogen-bond acceptors (Lipinski definition) is 2. The molecule has 0 spiro atoms. The molecule has 11 heavy (non-hydrogen) atoms. The molecular formula is C8H13NO2. The summed E-state index contributed by atoms with van der Waals surface area (Å²) in [5.74, 6) is 0. The standard InChI is InChI=1S/C8H13NO2/c1-5(10)7-3-9-4-8(7)6(2)11/h3-6,9-11H,1-2H3. The van der Waals surface area contributed by atoms with Crippen molar-refractivity contribution in [1.82, 2.24) is 4.98 Å². The van der Waals surface area contributed by atoms with Gasteiger partial charge < -0.3 is 15.2 Å².